The molecule has 0 saturated carbocycles. The van der Waals surface area contributed by atoms with Crippen LogP contribution in [0.1, 0.15) is 0 Å². The lowest BCUT2D eigenvalue weighted by atomic mass is 10.0. The van der Waals surface area contributed by atoms with Gasteiger partial charge in [-0.15, -0.1) is 0 Å². The van der Waals surface area contributed by atoms with E-state index in [-0.39, 0.29) is 0 Å². The Labute approximate surface area is 644 Å². The molecule has 112 heavy (non-hydrogen) atoms. The fourth-order valence-electron chi connectivity index (χ4n) is 15.9. The summed E-state index contributed by atoms with van der Waals surface area (Å²) in [6, 6.07) is 133. The van der Waals surface area contributed by atoms with Crippen molar-refractivity contribution in [1.29, 1.82) is 0 Å². The average Bonchev–Trinajstić information content (AvgIpc) is 1.56. The minimum absolute atomic E-state index is 0.554. The fourth-order valence-corrected chi connectivity index (χ4v) is 15.9. The van der Waals surface area contributed by atoms with E-state index in [4.69, 9.17) is 34.9 Å². The minimum Gasteiger partial charge on any atom is -0.316 e. The van der Waals surface area contributed by atoms with E-state index in [0.717, 1.165) is 140 Å². The number of aromatic nitrogens is 11. The molecule has 22 rings (SSSR count). The predicted molar refractivity (Wildman–Crippen MR) is 458 cm³/mol. The van der Waals surface area contributed by atoms with E-state index in [9.17, 15) is 0 Å². The van der Waals surface area contributed by atoms with Crippen LogP contribution in [0.2, 0.25) is 0 Å². The number of hydrogen-bond donors (Lipinski definition) is 0. The quantitative estimate of drug-likeness (QED) is 0.120. The van der Waals surface area contributed by atoms with Gasteiger partial charge < -0.3 is 18.3 Å². The summed E-state index contributed by atoms with van der Waals surface area (Å²) in [5.41, 5.74) is 25.1. The molecule has 0 fully saturated rings. The zero-order valence-corrected chi connectivity index (χ0v) is 60.4. The summed E-state index contributed by atoms with van der Waals surface area (Å²) in [6.45, 7) is 0. The Morgan fingerprint density at radius 1 is 0.179 bits per heavy atom. The van der Waals surface area contributed by atoms with Gasteiger partial charge in [0.15, 0.2) is 17.5 Å². The SMILES string of the molecule is c1ccc(-c2cc(-c3ccccc3)nc(-c3nc(-c4ccc(-n5c6ccccc6c6cc7ccn(-c8ccccc8)c7cc65)cc4)nc4ccccc34)c2)cc1.c1ccc(-c2cc(-c3ccccc3)nc(-c3nc(-c4ccc(-n5c6ccccc6c6cc7ccn(-c8ccccc8)c7cc65)cc4)nc4ccccc34)n2)cc1. The van der Waals surface area contributed by atoms with Crippen molar-refractivity contribution in [3.63, 3.8) is 0 Å². The number of pyridine rings is 1. The molecule has 0 aliphatic heterocycles. The molecule has 11 nitrogen and oxygen atoms in total. The van der Waals surface area contributed by atoms with Gasteiger partial charge in [0, 0.05) is 106 Å². The first-order valence-electron chi connectivity index (χ1n) is 37.6. The maximum absolute atomic E-state index is 5.29. The molecule has 8 heterocycles. The molecule has 0 unspecified atom stereocenters. The smallest absolute Gasteiger partial charge is 0.180 e. The summed E-state index contributed by atoms with van der Waals surface area (Å²) in [5, 5.41) is 9.17. The van der Waals surface area contributed by atoms with E-state index in [2.05, 4.69) is 328 Å². The monoisotopic (exact) mass is 1430 g/mol. The van der Waals surface area contributed by atoms with Crippen LogP contribution in [-0.2, 0) is 0 Å². The highest BCUT2D eigenvalue weighted by molar-refractivity contribution is 6.15. The third-order valence-corrected chi connectivity index (χ3v) is 21.3. The van der Waals surface area contributed by atoms with Gasteiger partial charge in [-0.25, -0.2) is 34.9 Å². The van der Waals surface area contributed by atoms with Gasteiger partial charge in [-0.2, -0.15) is 0 Å². The van der Waals surface area contributed by atoms with E-state index < -0.39 is 0 Å². The number of nitrogens with zero attached hydrogens (tertiary/aromatic N) is 11. The van der Waals surface area contributed by atoms with Gasteiger partial charge in [-0.1, -0.05) is 231 Å². The van der Waals surface area contributed by atoms with Crippen LogP contribution in [-0.4, -0.2) is 53.2 Å². The van der Waals surface area contributed by atoms with Crippen LogP contribution >= 0.6 is 0 Å². The molecule has 0 bridgehead atoms. The highest BCUT2D eigenvalue weighted by atomic mass is 15.0. The van der Waals surface area contributed by atoms with Crippen LogP contribution in [0.25, 0.3) is 201 Å². The molecule has 14 aromatic carbocycles. The van der Waals surface area contributed by atoms with Crippen molar-refractivity contribution in [2.45, 2.75) is 0 Å². The second-order valence-electron chi connectivity index (χ2n) is 28.1. The van der Waals surface area contributed by atoms with Crippen LogP contribution in [0.4, 0.5) is 0 Å². The minimum atomic E-state index is 0.554. The molecule has 0 aliphatic rings. The Morgan fingerprint density at radius 3 is 1.00 bits per heavy atom. The van der Waals surface area contributed by atoms with Crippen LogP contribution in [0.15, 0.2) is 395 Å². The highest BCUT2D eigenvalue weighted by Crippen LogP contribution is 2.41. The van der Waals surface area contributed by atoms with Crippen molar-refractivity contribution in [2.24, 2.45) is 0 Å². The number of hydrogen-bond acceptors (Lipinski definition) is 7. The molecule has 0 radical (unpaired) electrons. The highest BCUT2D eigenvalue weighted by Gasteiger charge is 2.23. The Balaban J connectivity index is 0.000000141. The van der Waals surface area contributed by atoms with Gasteiger partial charge in [0.05, 0.1) is 66.9 Å². The molecular formula is C101H65N11. The summed E-state index contributed by atoms with van der Waals surface area (Å²) in [7, 11) is 0. The largest absolute Gasteiger partial charge is 0.316 e. The summed E-state index contributed by atoms with van der Waals surface area (Å²) in [4.78, 5) is 36.2. The third kappa shape index (κ3) is 11.7. The first-order chi connectivity index (χ1) is 55.5. The molecule has 0 spiro atoms. The summed E-state index contributed by atoms with van der Waals surface area (Å²) in [6.07, 6.45) is 4.32. The maximum atomic E-state index is 5.29. The molecule has 0 saturated heterocycles. The topological polar surface area (TPSA) is 110 Å². The van der Waals surface area contributed by atoms with Crippen LogP contribution < -0.4 is 0 Å². The van der Waals surface area contributed by atoms with Crippen molar-refractivity contribution >= 4 is 87.2 Å². The van der Waals surface area contributed by atoms with Crippen molar-refractivity contribution in [2.75, 3.05) is 0 Å². The van der Waals surface area contributed by atoms with Crippen molar-refractivity contribution in [3.8, 4) is 113 Å². The van der Waals surface area contributed by atoms with Crippen LogP contribution in [0.3, 0.4) is 0 Å². The average molecular weight is 1430 g/mol. The van der Waals surface area contributed by atoms with Crippen LogP contribution in [0.5, 0.6) is 0 Å². The lowest BCUT2D eigenvalue weighted by Gasteiger charge is -2.13. The lowest BCUT2D eigenvalue weighted by Crippen LogP contribution is -2.01. The van der Waals surface area contributed by atoms with Gasteiger partial charge in [-0.3, -0.25) is 0 Å². The van der Waals surface area contributed by atoms with E-state index in [0.29, 0.717) is 23.2 Å². The summed E-state index contributed by atoms with van der Waals surface area (Å²) >= 11 is 0. The van der Waals surface area contributed by atoms with Gasteiger partial charge in [0.2, 0.25) is 0 Å². The molecule has 8 aromatic heterocycles. The number of rotatable bonds is 12. The van der Waals surface area contributed by atoms with E-state index in [1.807, 2.05) is 84.9 Å². The Morgan fingerprint density at radius 2 is 0.545 bits per heavy atom. The molecule has 22 aromatic rings. The molecule has 0 N–H and O–H groups in total. The van der Waals surface area contributed by atoms with Crippen LogP contribution in [0, 0.1) is 0 Å². The molecule has 0 aliphatic carbocycles. The predicted octanol–water partition coefficient (Wildman–Crippen LogP) is 24.9. The molecule has 524 valence electrons. The lowest BCUT2D eigenvalue weighted by molar-refractivity contribution is 1.12. The van der Waals surface area contributed by atoms with Crippen molar-refractivity contribution < 1.29 is 0 Å². The molecule has 11 heteroatoms. The van der Waals surface area contributed by atoms with Gasteiger partial charge in [0.1, 0.15) is 11.4 Å². The maximum Gasteiger partial charge on any atom is 0.180 e. The molecule has 0 atom stereocenters. The molecular weight excluding hydrogens is 1370 g/mol. The number of fused-ring (bicyclic) bond motifs is 10. The third-order valence-electron chi connectivity index (χ3n) is 21.3. The Kier molecular flexibility index (Phi) is 15.9. The standard InChI is InChI=1S/C51H33N5.C50H32N6/c1-4-14-34(15-5-1)38-31-45(35-16-6-2-7-17-35)52-46(32-38)50-42-21-10-12-22-44(42)53-51(54-50)36-24-26-40(27-25-36)56-47-23-13-11-20-41(47)43-30-37-28-29-55(48(37)33-49(43)56)39-18-8-3-9-19-39;1-4-14-33(15-5-1)43-31-44(34-16-6-2-7-17-34)53-50(52-43)48-40-21-10-12-22-42(40)51-49(54-48)35-24-26-38(27-25-35)56-45-23-13-11-20-39(45)41-30-36-28-29-55(46(36)32-47(41)56)37-18-8-3-9-19-37/h1-33H;1-32H. The summed E-state index contributed by atoms with van der Waals surface area (Å²) < 4.78 is 9.25. The zero-order valence-electron chi connectivity index (χ0n) is 60.4. The number of para-hydroxylation sites is 6. The Bertz CT molecular complexity index is 6770. The summed E-state index contributed by atoms with van der Waals surface area (Å²) in [5.74, 6) is 1.83. The van der Waals surface area contributed by atoms with Gasteiger partial charge in [0.25, 0.3) is 0 Å². The first-order valence-corrected chi connectivity index (χ1v) is 37.6. The Hall–Kier alpha value is -15.3. The van der Waals surface area contributed by atoms with Crippen molar-refractivity contribution in [3.05, 3.63) is 395 Å². The van der Waals surface area contributed by atoms with Crippen molar-refractivity contribution in [1.82, 2.24) is 53.2 Å². The van der Waals surface area contributed by atoms with E-state index in [1.54, 1.807) is 0 Å². The molecule has 0 amide bonds. The van der Waals surface area contributed by atoms with Gasteiger partial charge >= 0.3 is 0 Å². The first kappa shape index (κ1) is 65.0. The normalized spacial score (nSPS) is 11.6. The second kappa shape index (κ2) is 27.5. The number of benzene rings is 14. The second-order valence-corrected chi connectivity index (χ2v) is 28.1. The van der Waals surface area contributed by atoms with E-state index >= 15 is 0 Å². The fraction of sp³-hybridized carbons (Fsp3) is 0. The van der Waals surface area contributed by atoms with Gasteiger partial charge in [-0.05, 0) is 163 Å². The zero-order chi connectivity index (χ0) is 74.0. The van der Waals surface area contributed by atoms with E-state index in [1.165, 1.54) is 37.8 Å².